The quantitative estimate of drug-likeness (QED) is 0.931. The van der Waals surface area contributed by atoms with Gasteiger partial charge in [-0.1, -0.05) is 0 Å². The largest absolute Gasteiger partial charge is 0.331 e. The molecule has 1 saturated carbocycles. The first-order valence-electron chi connectivity index (χ1n) is 7.05. The molecule has 0 atom stereocenters. The second kappa shape index (κ2) is 5.52. The Morgan fingerprint density at radius 2 is 2.00 bits per heavy atom. The lowest BCUT2D eigenvalue weighted by Gasteiger charge is -2.22. The van der Waals surface area contributed by atoms with Crippen molar-refractivity contribution in [1.29, 1.82) is 0 Å². The number of amides is 1. The summed E-state index contributed by atoms with van der Waals surface area (Å²) in [6, 6.07) is 7.39. The standard InChI is InChI=1S/C16H17N3O2/c1-11-2-5-14(15(20)18-11)16(21)19(13-3-4-13)10-12-6-8-17-9-7-12/h2,5-9,13H,3-4,10H2,1H3,(H,18,20). The molecule has 0 aliphatic heterocycles. The predicted molar refractivity (Wildman–Crippen MR) is 78.9 cm³/mol. The number of hydrogen-bond acceptors (Lipinski definition) is 3. The molecule has 0 unspecified atom stereocenters. The van der Waals surface area contributed by atoms with E-state index in [0.717, 1.165) is 24.1 Å². The Morgan fingerprint density at radius 3 is 2.62 bits per heavy atom. The zero-order valence-corrected chi connectivity index (χ0v) is 11.9. The van der Waals surface area contributed by atoms with Crippen molar-refractivity contribution in [2.24, 2.45) is 0 Å². The summed E-state index contributed by atoms with van der Waals surface area (Å²) in [6.45, 7) is 2.31. The van der Waals surface area contributed by atoms with Crippen molar-refractivity contribution >= 4 is 5.91 Å². The second-order valence-corrected chi connectivity index (χ2v) is 5.40. The number of nitrogens with zero attached hydrogens (tertiary/aromatic N) is 2. The molecule has 1 aliphatic carbocycles. The summed E-state index contributed by atoms with van der Waals surface area (Å²) in [6.07, 6.45) is 5.42. The van der Waals surface area contributed by atoms with Gasteiger partial charge in [-0.15, -0.1) is 0 Å². The molecule has 0 radical (unpaired) electrons. The molecule has 108 valence electrons. The molecular weight excluding hydrogens is 266 g/mol. The Hall–Kier alpha value is -2.43. The Morgan fingerprint density at radius 1 is 1.29 bits per heavy atom. The summed E-state index contributed by atoms with van der Waals surface area (Å²) < 4.78 is 0. The SMILES string of the molecule is Cc1ccc(C(=O)N(Cc2ccncc2)C2CC2)c(=O)[nH]1. The molecule has 1 fully saturated rings. The minimum absolute atomic E-state index is 0.199. The lowest BCUT2D eigenvalue weighted by atomic mass is 10.2. The number of rotatable bonds is 4. The van der Waals surface area contributed by atoms with Crippen LogP contribution in [0.3, 0.4) is 0 Å². The number of aryl methyl sites for hydroxylation is 1. The van der Waals surface area contributed by atoms with Crippen molar-refractivity contribution < 1.29 is 4.79 Å². The molecule has 1 aliphatic rings. The van der Waals surface area contributed by atoms with E-state index in [4.69, 9.17) is 0 Å². The minimum Gasteiger partial charge on any atom is -0.331 e. The topological polar surface area (TPSA) is 66.1 Å². The molecule has 1 N–H and O–H groups in total. The smallest absolute Gasteiger partial charge is 0.260 e. The highest BCUT2D eigenvalue weighted by atomic mass is 16.2. The molecule has 2 aromatic heterocycles. The number of H-pyrrole nitrogens is 1. The van der Waals surface area contributed by atoms with Gasteiger partial charge >= 0.3 is 0 Å². The van der Waals surface area contributed by atoms with Crippen molar-refractivity contribution in [2.45, 2.75) is 32.4 Å². The van der Waals surface area contributed by atoms with E-state index in [-0.39, 0.29) is 23.1 Å². The summed E-state index contributed by atoms with van der Waals surface area (Å²) in [5.41, 5.74) is 1.67. The van der Waals surface area contributed by atoms with Gasteiger partial charge in [0.1, 0.15) is 5.56 Å². The molecule has 5 heteroatoms. The van der Waals surface area contributed by atoms with E-state index < -0.39 is 0 Å². The molecule has 0 bridgehead atoms. The van der Waals surface area contributed by atoms with Crippen molar-refractivity contribution in [3.8, 4) is 0 Å². The van der Waals surface area contributed by atoms with E-state index in [1.807, 2.05) is 12.1 Å². The molecule has 21 heavy (non-hydrogen) atoms. The summed E-state index contributed by atoms with van der Waals surface area (Å²) >= 11 is 0. The normalized spacial score (nSPS) is 14.0. The zero-order chi connectivity index (χ0) is 14.8. The van der Waals surface area contributed by atoms with Crippen molar-refractivity contribution in [3.63, 3.8) is 0 Å². The van der Waals surface area contributed by atoms with Crippen LogP contribution in [-0.2, 0) is 6.54 Å². The van der Waals surface area contributed by atoms with Gasteiger partial charge in [-0.05, 0) is 49.6 Å². The van der Waals surface area contributed by atoms with Crippen LogP contribution in [-0.4, -0.2) is 26.8 Å². The average molecular weight is 283 g/mol. The molecule has 3 rings (SSSR count). The lowest BCUT2D eigenvalue weighted by Crippen LogP contribution is -2.36. The Kier molecular flexibility index (Phi) is 3.56. The molecular formula is C16H17N3O2. The number of carbonyl (C=O) groups is 1. The number of carbonyl (C=O) groups excluding carboxylic acids is 1. The monoisotopic (exact) mass is 283 g/mol. The van der Waals surface area contributed by atoms with Crippen molar-refractivity contribution in [1.82, 2.24) is 14.9 Å². The molecule has 0 saturated heterocycles. The first-order chi connectivity index (χ1) is 10.1. The van der Waals surface area contributed by atoms with E-state index in [1.54, 1.807) is 36.4 Å². The lowest BCUT2D eigenvalue weighted by molar-refractivity contribution is 0.0728. The molecule has 1 amide bonds. The van der Waals surface area contributed by atoms with Crippen LogP contribution in [0.25, 0.3) is 0 Å². The van der Waals surface area contributed by atoms with Gasteiger partial charge in [-0.3, -0.25) is 14.6 Å². The fourth-order valence-electron chi connectivity index (χ4n) is 2.33. The van der Waals surface area contributed by atoms with E-state index in [9.17, 15) is 9.59 Å². The van der Waals surface area contributed by atoms with Crippen molar-refractivity contribution in [3.05, 3.63) is 63.8 Å². The molecule has 2 heterocycles. The highest BCUT2D eigenvalue weighted by Gasteiger charge is 2.33. The first kappa shape index (κ1) is 13.5. The van der Waals surface area contributed by atoms with E-state index in [2.05, 4.69) is 9.97 Å². The summed E-state index contributed by atoms with van der Waals surface area (Å²) in [5, 5.41) is 0. The van der Waals surface area contributed by atoms with Crippen LogP contribution in [0.15, 0.2) is 41.5 Å². The van der Waals surface area contributed by atoms with Gasteiger partial charge in [-0.2, -0.15) is 0 Å². The zero-order valence-electron chi connectivity index (χ0n) is 11.9. The van der Waals surface area contributed by atoms with E-state index in [1.165, 1.54) is 0 Å². The summed E-state index contributed by atoms with van der Waals surface area (Å²) in [7, 11) is 0. The van der Waals surface area contributed by atoms with E-state index in [0.29, 0.717) is 6.54 Å². The highest BCUT2D eigenvalue weighted by molar-refractivity contribution is 5.94. The third-order valence-electron chi connectivity index (χ3n) is 3.64. The first-order valence-corrected chi connectivity index (χ1v) is 7.05. The summed E-state index contributed by atoms with van der Waals surface area (Å²) in [5.74, 6) is -0.199. The van der Waals surface area contributed by atoms with Crippen LogP contribution in [0, 0.1) is 6.92 Å². The number of nitrogens with one attached hydrogen (secondary N) is 1. The number of aromatic nitrogens is 2. The number of hydrogen-bond donors (Lipinski definition) is 1. The van der Waals surface area contributed by atoms with Gasteiger partial charge in [-0.25, -0.2) is 0 Å². The molecule has 2 aromatic rings. The fraction of sp³-hybridized carbons (Fsp3) is 0.312. The Bertz CT molecular complexity index is 705. The maximum Gasteiger partial charge on any atom is 0.260 e. The van der Waals surface area contributed by atoms with Gasteiger partial charge in [0.15, 0.2) is 0 Å². The number of aromatic amines is 1. The van der Waals surface area contributed by atoms with Crippen LogP contribution in [0.4, 0.5) is 0 Å². The minimum atomic E-state index is -0.319. The van der Waals surface area contributed by atoms with Crippen LogP contribution in [0.5, 0.6) is 0 Å². The Labute approximate surface area is 122 Å². The van der Waals surface area contributed by atoms with Gasteiger partial charge < -0.3 is 9.88 Å². The third kappa shape index (κ3) is 3.02. The predicted octanol–water partition coefficient (Wildman–Crippen LogP) is 1.88. The Balaban J connectivity index is 1.87. The van der Waals surface area contributed by atoms with Crippen molar-refractivity contribution in [2.75, 3.05) is 0 Å². The maximum absolute atomic E-state index is 12.7. The maximum atomic E-state index is 12.7. The molecule has 5 nitrogen and oxygen atoms in total. The highest BCUT2D eigenvalue weighted by Crippen LogP contribution is 2.29. The molecule has 0 spiro atoms. The summed E-state index contributed by atoms with van der Waals surface area (Å²) in [4.78, 5) is 33.1. The fourth-order valence-corrected chi connectivity index (χ4v) is 2.33. The molecule has 0 aromatic carbocycles. The van der Waals surface area contributed by atoms with Crippen LogP contribution >= 0.6 is 0 Å². The van der Waals surface area contributed by atoms with Gasteiger partial charge in [0.2, 0.25) is 0 Å². The van der Waals surface area contributed by atoms with Gasteiger partial charge in [0, 0.05) is 30.7 Å². The van der Waals surface area contributed by atoms with E-state index >= 15 is 0 Å². The second-order valence-electron chi connectivity index (χ2n) is 5.40. The average Bonchev–Trinajstić information content (AvgIpc) is 3.30. The van der Waals surface area contributed by atoms with Crippen LogP contribution in [0.2, 0.25) is 0 Å². The van der Waals surface area contributed by atoms with Gasteiger partial charge in [0.25, 0.3) is 11.5 Å². The van der Waals surface area contributed by atoms with Crippen LogP contribution in [0.1, 0.15) is 34.5 Å². The third-order valence-corrected chi connectivity index (χ3v) is 3.64. The van der Waals surface area contributed by atoms with Gasteiger partial charge in [0.05, 0.1) is 0 Å². The number of pyridine rings is 2. The van der Waals surface area contributed by atoms with Crippen LogP contribution < -0.4 is 5.56 Å².